The van der Waals surface area contributed by atoms with Gasteiger partial charge in [-0.3, -0.25) is 0 Å². The first-order chi connectivity index (χ1) is 19.6. The monoisotopic (exact) mass is 616 g/mol. The molecule has 2 aliphatic rings. The molecule has 0 fully saturated rings. The summed E-state index contributed by atoms with van der Waals surface area (Å²) in [6.45, 7) is 1.52. The van der Waals surface area contributed by atoms with E-state index in [1.54, 1.807) is 23.5 Å². The molecule has 210 valence electrons. The second-order valence-electron chi connectivity index (χ2n) is 8.67. The van der Waals surface area contributed by atoms with Crippen molar-refractivity contribution < 1.29 is 19.3 Å². The van der Waals surface area contributed by atoms with Gasteiger partial charge in [0, 0.05) is 37.4 Å². The van der Waals surface area contributed by atoms with E-state index in [4.69, 9.17) is 22.5 Å². The van der Waals surface area contributed by atoms with E-state index in [1.165, 1.54) is 10.1 Å². The molecule has 0 amide bonds. The van der Waals surface area contributed by atoms with Crippen molar-refractivity contribution in [2.45, 2.75) is 48.6 Å². The quantitative estimate of drug-likeness (QED) is 0.148. The lowest BCUT2D eigenvalue weighted by atomic mass is 10.1. The number of hydrogen-bond donors (Lipinski definition) is 0. The lowest BCUT2D eigenvalue weighted by molar-refractivity contribution is -0.215. The number of terminal acetylenes is 2. The molecule has 40 heavy (non-hydrogen) atoms. The summed E-state index contributed by atoms with van der Waals surface area (Å²) in [7, 11) is 0. The summed E-state index contributed by atoms with van der Waals surface area (Å²) in [5.41, 5.74) is 3.35. The third kappa shape index (κ3) is 8.64. The zero-order valence-corrected chi connectivity index (χ0v) is 25.0. The maximum atomic E-state index is 12.6. The van der Waals surface area contributed by atoms with Gasteiger partial charge in [0.25, 0.3) is 0 Å². The van der Waals surface area contributed by atoms with Crippen molar-refractivity contribution >= 4 is 70.1 Å². The first-order valence-electron chi connectivity index (χ1n) is 12.7. The largest absolute Gasteiger partial charge is 0.438 e. The summed E-state index contributed by atoms with van der Waals surface area (Å²) in [6, 6.07) is 0. The van der Waals surface area contributed by atoms with Crippen LogP contribution >= 0.6 is 47.0 Å². The minimum absolute atomic E-state index is 0.303. The molecule has 0 spiro atoms. The minimum atomic E-state index is -1.07. The molecule has 0 saturated carbocycles. The summed E-state index contributed by atoms with van der Waals surface area (Å²) in [5, 5.41) is 4.58. The highest BCUT2D eigenvalue weighted by Gasteiger charge is 2.29. The van der Waals surface area contributed by atoms with Gasteiger partial charge < -0.3 is 9.68 Å². The Balaban J connectivity index is 1.26. The van der Waals surface area contributed by atoms with E-state index in [-0.39, 0.29) is 0 Å². The van der Waals surface area contributed by atoms with Gasteiger partial charge in [-0.25, -0.2) is 9.59 Å². The third-order valence-electron chi connectivity index (χ3n) is 5.76. The highest BCUT2D eigenvalue weighted by molar-refractivity contribution is 7.99. The van der Waals surface area contributed by atoms with Crippen LogP contribution in [-0.4, -0.2) is 77.2 Å². The number of nitrogens with zero attached hydrogens (tertiary/aromatic N) is 6. The van der Waals surface area contributed by atoms with Crippen LogP contribution in [0.4, 0.5) is 0 Å². The molecule has 0 aromatic carbocycles. The Bertz CT molecular complexity index is 1220. The number of carbonyl (C=O) groups excluding carboxylic acids is 2. The Labute approximate surface area is 250 Å². The normalized spacial score (nSPS) is 15.9. The minimum Gasteiger partial charge on any atom is -0.359 e. The third-order valence-corrected chi connectivity index (χ3v) is 9.15. The molecule has 2 aromatic rings. The Morgan fingerprint density at radius 1 is 0.800 bits per heavy atom. The van der Waals surface area contributed by atoms with Gasteiger partial charge in [-0.1, -0.05) is 12.2 Å². The molecular formula is C26H28N6O4S4. The van der Waals surface area contributed by atoms with Gasteiger partial charge >= 0.3 is 11.9 Å². The van der Waals surface area contributed by atoms with E-state index < -0.39 is 11.9 Å². The molecule has 0 radical (unpaired) electrons. The van der Waals surface area contributed by atoms with Crippen LogP contribution < -0.4 is 0 Å². The average Bonchev–Trinajstić information content (AvgIpc) is 3.64. The smallest absolute Gasteiger partial charge is 0.359 e. The van der Waals surface area contributed by atoms with Gasteiger partial charge in [-0.15, -0.1) is 58.3 Å². The first kappa shape index (κ1) is 30.2. The molecule has 2 aliphatic heterocycles. The summed E-state index contributed by atoms with van der Waals surface area (Å²) < 4.78 is 17.7. The number of hydroxylamine groups is 4. The van der Waals surface area contributed by atoms with Crippen molar-refractivity contribution in [1.29, 1.82) is 0 Å². The average molecular weight is 617 g/mol. The summed E-state index contributed by atoms with van der Waals surface area (Å²) in [6.07, 6.45) is 19.3. The zero-order chi connectivity index (χ0) is 28.2. The van der Waals surface area contributed by atoms with Gasteiger partial charge in [0.15, 0.2) is 0 Å². The summed E-state index contributed by atoms with van der Waals surface area (Å²) >= 11 is 5.49. The fourth-order valence-corrected chi connectivity index (χ4v) is 7.17. The molecule has 4 rings (SSSR count). The second-order valence-corrected chi connectivity index (χ2v) is 11.9. The highest BCUT2D eigenvalue weighted by Crippen LogP contribution is 2.31. The van der Waals surface area contributed by atoms with Crippen LogP contribution in [0.5, 0.6) is 0 Å². The molecule has 0 bridgehead atoms. The van der Waals surface area contributed by atoms with E-state index in [2.05, 4.69) is 41.5 Å². The van der Waals surface area contributed by atoms with Gasteiger partial charge in [-0.05, 0) is 36.8 Å². The maximum absolute atomic E-state index is 12.6. The van der Waals surface area contributed by atoms with E-state index in [0.29, 0.717) is 51.9 Å². The van der Waals surface area contributed by atoms with Crippen LogP contribution in [0, 0.1) is 24.7 Å². The highest BCUT2D eigenvalue weighted by atomic mass is 32.2. The molecule has 0 saturated heterocycles. The van der Waals surface area contributed by atoms with Crippen LogP contribution in [0.1, 0.15) is 49.9 Å². The number of thioether (sulfide) groups is 2. The Kier molecular flexibility index (Phi) is 12.0. The Hall–Kier alpha value is -2.72. The van der Waals surface area contributed by atoms with Gasteiger partial charge in [-0.2, -0.15) is 17.5 Å². The lowest BCUT2D eigenvalue weighted by Crippen LogP contribution is -2.39. The van der Waals surface area contributed by atoms with E-state index in [1.807, 2.05) is 0 Å². The van der Waals surface area contributed by atoms with Crippen molar-refractivity contribution in [3.63, 3.8) is 0 Å². The molecule has 10 nitrogen and oxygen atoms in total. The predicted molar refractivity (Wildman–Crippen MR) is 158 cm³/mol. The fraction of sp³-hybridized carbons (Fsp3) is 0.462. The predicted octanol–water partition coefficient (Wildman–Crippen LogP) is 4.20. The number of aromatic nitrogens is 4. The molecule has 0 aliphatic carbocycles. The topological polar surface area (TPSA) is 111 Å². The standard InChI is InChI=1S/C26H28N6O4S4/c1-3-5-7-15-37-23-21(27-39-29-23)19-11-9-13-31(17-19)35-25(33)26(34)36-32-14-10-12-20(18-32)22-24(30-40-28-22)38-16-8-6-4-2/h1-2,11-12H,5-10,13-18H2. The van der Waals surface area contributed by atoms with Crippen molar-refractivity contribution in [3.05, 3.63) is 23.5 Å². The van der Waals surface area contributed by atoms with Gasteiger partial charge in [0.2, 0.25) is 0 Å². The number of rotatable bonds is 12. The number of carbonyl (C=O) groups is 2. The SMILES string of the molecule is C#CCCCSc1nsnc1C1=CCCN(OC(=O)C(=O)ON2CCC=C(c3nsnc3SCCCC#C)C2)C1. The molecular weight excluding hydrogens is 589 g/mol. The molecule has 0 atom stereocenters. The lowest BCUT2D eigenvalue weighted by Gasteiger charge is -2.27. The summed E-state index contributed by atoms with van der Waals surface area (Å²) in [4.78, 5) is 36.0. The summed E-state index contributed by atoms with van der Waals surface area (Å²) in [5.74, 6) is 4.83. The molecule has 2 aromatic heterocycles. The van der Waals surface area contributed by atoms with Crippen LogP contribution in [0.3, 0.4) is 0 Å². The van der Waals surface area contributed by atoms with Crippen molar-refractivity contribution in [2.75, 3.05) is 37.7 Å². The number of hydrogen-bond acceptors (Lipinski definition) is 14. The van der Waals surface area contributed by atoms with Crippen molar-refractivity contribution in [2.24, 2.45) is 0 Å². The van der Waals surface area contributed by atoms with Gasteiger partial charge in [0.1, 0.15) is 21.4 Å². The van der Waals surface area contributed by atoms with Crippen LogP contribution in [0.15, 0.2) is 22.2 Å². The fourth-order valence-electron chi connectivity index (χ4n) is 3.87. The van der Waals surface area contributed by atoms with E-state index in [9.17, 15) is 9.59 Å². The molecule has 0 unspecified atom stereocenters. The zero-order valence-electron chi connectivity index (χ0n) is 21.7. The number of unbranched alkanes of at least 4 members (excludes halogenated alkanes) is 2. The molecule has 14 heteroatoms. The molecule has 0 N–H and O–H groups in total. The van der Waals surface area contributed by atoms with E-state index >= 15 is 0 Å². The van der Waals surface area contributed by atoms with E-state index in [0.717, 1.165) is 80.4 Å². The Morgan fingerprint density at radius 2 is 1.25 bits per heavy atom. The van der Waals surface area contributed by atoms with Crippen molar-refractivity contribution in [3.8, 4) is 24.7 Å². The molecule has 4 heterocycles. The second kappa shape index (κ2) is 15.9. The van der Waals surface area contributed by atoms with Crippen LogP contribution in [0.2, 0.25) is 0 Å². The maximum Gasteiger partial charge on any atom is 0.438 e. The van der Waals surface area contributed by atoms with Crippen LogP contribution in [0.25, 0.3) is 11.1 Å². The van der Waals surface area contributed by atoms with Crippen molar-refractivity contribution in [1.82, 2.24) is 27.6 Å². The van der Waals surface area contributed by atoms with Crippen LogP contribution in [-0.2, 0) is 19.3 Å². The first-order valence-corrected chi connectivity index (χ1v) is 16.1. The Morgan fingerprint density at radius 3 is 1.68 bits per heavy atom. The van der Waals surface area contributed by atoms with Gasteiger partial charge in [0.05, 0.1) is 36.5 Å².